The van der Waals surface area contributed by atoms with Crippen LogP contribution in [0, 0.1) is 5.41 Å². The van der Waals surface area contributed by atoms with E-state index in [2.05, 4.69) is 4.74 Å². The molecule has 0 aromatic heterocycles. The molecule has 0 saturated heterocycles. The van der Waals surface area contributed by atoms with Gasteiger partial charge in [0.25, 0.3) is 0 Å². The summed E-state index contributed by atoms with van der Waals surface area (Å²) in [7, 11) is 0. The van der Waals surface area contributed by atoms with Crippen LogP contribution in [-0.4, -0.2) is 12.3 Å². The van der Waals surface area contributed by atoms with E-state index >= 15 is 0 Å². The van der Waals surface area contributed by atoms with E-state index in [4.69, 9.17) is 5.41 Å². The van der Waals surface area contributed by atoms with Crippen LogP contribution in [0.15, 0.2) is 0 Å². The van der Waals surface area contributed by atoms with Gasteiger partial charge in [-0.05, 0) is 0 Å². The van der Waals surface area contributed by atoms with E-state index in [9.17, 15) is 4.39 Å². The average Bonchev–Trinajstić information content (AvgIpc) is 1.65. The number of alkyl halides is 1. The Bertz CT molecular complexity index is 82.5. The highest BCUT2D eigenvalue weighted by Crippen LogP contribution is 1.93. The van der Waals surface area contributed by atoms with Crippen LogP contribution in [-0.2, 0) is 4.74 Å². The molecule has 0 radical (unpaired) electrons. The maximum Gasteiger partial charge on any atom is 0.237 e. The number of hydrogen-bond donors (Lipinski definition) is 1. The van der Waals surface area contributed by atoms with Gasteiger partial charge in [-0.1, -0.05) is 6.92 Å². The molecule has 0 aliphatic rings. The fourth-order valence-electron chi connectivity index (χ4n) is 0.279. The van der Waals surface area contributed by atoms with E-state index < -0.39 is 6.36 Å². The number of rotatable bonds is 2. The van der Waals surface area contributed by atoms with Crippen LogP contribution in [0.4, 0.5) is 4.39 Å². The molecule has 0 heterocycles. The molecule has 0 aromatic rings. The maximum atomic E-state index is 11.8. The molecule has 0 spiro atoms. The van der Waals surface area contributed by atoms with Crippen LogP contribution in [0.1, 0.15) is 20.3 Å². The second kappa shape index (κ2) is 3.41. The first-order chi connectivity index (χ1) is 3.66. The number of hydrogen-bond acceptors (Lipinski definition) is 2. The SMILES string of the molecule is CCC(=N)OC(C)F. The molecule has 0 bridgehead atoms. The van der Waals surface area contributed by atoms with Crippen molar-refractivity contribution in [2.75, 3.05) is 0 Å². The van der Waals surface area contributed by atoms with Crippen LogP contribution in [0.2, 0.25) is 0 Å². The molecular formula is C5H10FNO. The highest BCUT2D eigenvalue weighted by molar-refractivity contribution is 5.72. The largest absolute Gasteiger partial charge is 0.448 e. The Balaban J connectivity index is 3.25. The zero-order valence-electron chi connectivity index (χ0n) is 5.07. The van der Waals surface area contributed by atoms with Gasteiger partial charge in [-0.15, -0.1) is 0 Å². The third-order valence-corrected chi connectivity index (χ3v) is 0.626. The van der Waals surface area contributed by atoms with Crippen molar-refractivity contribution >= 4 is 5.90 Å². The standard InChI is InChI=1S/C5H10FNO/c1-3-5(7)8-4(2)6/h4,7H,3H2,1-2H3. The normalized spacial score (nSPS) is 12.9. The first kappa shape index (κ1) is 7.40. The van der Waals surface area contributed by atoms with Gasteiger partial charge in [0, 0.05) is 13.3 Å². The zero-order chi connectivity index (χ0) is 6.57. The molecule has 0 aromatic carbocycles. The van der Waals surface area contributed by atoms with Gasteiger partial charge in [0.1, 0.15) is 0 Å². The van der Waals surface area contributed by atoms with Crippen molar-refractivity contribution in [1.29, 1.82) is 5.41 Å². The van der Waals surface area contributed by atoms with E-state index in [1.807, 2.05) is 0 Å². The van der Waals surface area contributed by atoms with Crippen molar-refractivity contribution in [3.8, 4) is 0 Å². The fraction of sp³-hybridized carbons (Fsp3) is 0.800. The van der Waals surface area contributed by atoms with E-state index in [0.29, 0.717) is 6.42 Å². The molecule has 1 N–H and O–H groups in total. The summed E-state index contributed by atoms with van der Waals surface area (Å²) in [6, 6.07) is 0. The van der Waals surface area contributed by atoms with Gasteiger partial charge in [0.05, 0.1) is 0 Å². The van der Waals surface area contributed by atoms with Crippen molar-refractivity contribution < 1.29 is 9.13 Å². The summed E-state index contributed by atoms with van der Waals surface area (Å²) in [6.07, 6.45) is -0.892. The van der Waals surface area contributed by atoms with E-state index in [1.54, 1.807) is 6.92 Å². The zero-order valence-corrected chi connectivity index (χ0v) is 5.07. The molecular weight excluding hydrogens is 109 g/mol. The Hall–Kier alpha value is -0.600. The van der Waals surface area contributed by atoms with Gasteiger partial charge >= 0.3 is 0 Å². The van der Waals surface area contributed by atoms with Crippen LogP contribution in [0.5, 0.6) is 0 Å². The maximum absolute atomic E-state index is 11.8. The lowest BCUT2D eigenvalue weighted by Crippen LogP contribution is -2.07. The summed E-state index contributed by atoms with van der Waals surface area (Å²) >= 11 is 0. The minimum atomic E-state index is -1.34. The molecule has 48 valence electrons. The molecule has 0 aliphatic heterocycles. The summed E-state index contributed by atoms with van der Waals surface area (Å²) in [4.78, 5) is 0. The summed E-state index contributed by atoms with van der Waals surface area (Å²) in [5.74, 6) is 0.000000000000000222. The molecule has 2 nitrogen and oxygen atoms in total. The fourth-order valence-corrected chi connectivity index (χ4v) is 0.279. The van der Waals surface area contributed by atoms with Crippen LogP contribution >= 0.6 is 0 Å². The van der Waals surface area contributed by atoms with E-state index in [0.717, 1.165) is 0 Å². The van der Waals surface area contributed by atoms with Gasteiger partial charge in [-0.25, -0.2) is 4.39 Å². The topological polar surface area (TPSA) is 33.1 Å². The quantitative estimate of drug-likeness (QED) is 0.435. The molecule has 3 heteroatoms. The van der Waals surface area contributed by atoms with Crippen LogP contribution in [0.25, 0.3) is 0 Å². The smallest absolute Gasteiger partial charge is 0.237 e. The lowest BCUT2D eigenvalue weighted by Gasteiger charge is -2.03. The molecule has 0 saturated carbocycles. The second-order valence-electron chi connectivity index (χ2n) is 1.44. The molecule has 1 unspecified atom stereocenters. The minimum Gasteiger partial charge on any atom is -0.448 e. The molecule has 1 atom stereocenters. The predicted molar refractivity (Wildman–Crippen MR) is 29.7 cm³/mol. The Labute approximate surface area is 48.2 Å². The highest BCUT2D eigenvalue weighted by Gasteiger charge is 1.98. The number of ether oxygens (including phenoxy) is 1. The molecule has 0 rings (SSSR count). The minimum absolute atomic E-state index is 0.000000000000000222. The average molecular weight is 119 g/mol. The lowest BCUT2D eigenvalue weighted by atomic mass is 10.5. The van der Waals surface area contributed by atoms with Gasteiger partial charge in [0.15, 0.2) is 5.90 Å². The first-order valence-electron chi connectivity index (χ1n) is 2.55. The summed E-state index contributed by atoms with van der Waals surface area (Å²) in [5.41, 5.74) is 0. The van der Waals surface area contributed by atoms with Crippen LogP contribution < -0.4 is 0 Å². The van der Waals surface area contributed by atoms with Gasteiger partial charge < -0.3 is 4.74 Å². The van der Waals surface area contributed by atoms with Crippen molar-refractivity contribution in [2.45, 2.75) is 26.6 Å². The molecule has 0 fully saturated rings. The Kier molecular flexibility index (Phi) is 3.15. The second-order valence-corrected chi connectivity index (χ2v) is 1.44. The van der Waals surface area contributed by atoms with Gasteiger partial charge in [-0.2, -0.15) is 0 Å². The predicted octanol–water partition coefficient (Wildman–Crippen LogP) is 1.71. The van der Waals surface area contributed by atoms with Crippen molar-refractivity contribution in [3.63, 3.8) is 0 Å². The molecule has 8 heavy (non-hydrogen) atoms. The van der Waals surface area contributed by atoms with E-state index in [1.165, 1.54) is 6.92 Å². The van der Waals surface area contributed by atoms with E-state index in [-0.39, 0.29) is 5.90 Å². The van der Waals surface area contributed by atoms with Crippen molar-refractivity contribution in [3.05, 3.63) is 0 Å². The Morgan fingerprint density at radius 3 is 2.50 bits per heavy atom. The first-order valence-corrected chi connectivity index (χ1v) is 2.55. The monoisotopic (exact) mass is 119 g/mol. The van der Waals surface area contributed by atoms with Gasteiger partial charge in [0.2, 0.25) is 6.36 Å². The van der Waals surface area contributed by atoms with Crippen molar-refractivity contribution in [2.24, 2.45) is 0 Å². The molecule has 0 amide bonds. The number of nitrogens with one attached hydrogen (secondary N) is 1. The Morgan fingerprint density at radius 1 is 1.88 bits per heavy atom. The highest BCUT2D eigenvalue weighted by atomic mass is 19.1. The lowest BCUT2D eigenvalue weighted by molar-refractivity contribution is 0.0698. The van der Waals surface area contributed by atoms with Crippen LogP contribution in [0.3, 0.4) is 0 Å². The summed E-state index contributed by atoms with van der Waals surface area (Å²) in [5, 5.41) is 6.81. The van der Waals surface area contributed by atoms with Gasteiger partial charge in [-0.3, -0.25) is 5.41 Å². The summed E-state index contributed by atoms with van der Waals surface area (Å²) in [6.45, 7) is 2.99. The number of halogens is 1. The summed E-state index contributed by atoms with van der Waals surface area (Å²) < 4.78 is 16.1. The van der Waals surface area contributed by atoms with Crippen molar-refractivity contribution in [1.82, 2.24) is 0 Å². The third-order valence-electron chi connectivity index (χ3n) is 0.626. The third kappa shape index (κ3) is 3.59. The molecule has 0 aliphatic carbocycles. The Morgan fingerprint density at radius 2 is 2.38 bits per heavy atom.